The first-order chi connectivity index (χ1) is 13.2. The van der Waals surface area contributed by atoms with Crippen molar-refractivity contribution in [1.82, 2.24) is 5.32 Å². The zero-order valence-electron chi connectivity index (χ0n) is 15.5. The van der Waals surface area contributed by atoms with Gasteiger partial charge in [-0.15, -0.1) is 0 Å². The van der Waals surface area contributed by atoms with Crippen LogP contribution in [0.15, 0.2) is 52.9 Å². The van der Waals surface area contributed by atoms with Gasteiger partial charge in [-0.05, 0) is 37.5 Å². The molecule has 1 N–H and O–H groups in total. The van der Waals surface area contributed by atoms with Crippen LogP contribution < -0.4 is 10.1 Å². The van der Waals surface area contributed by atoms with E-state index in [2.05, 4.69) is 5.32 Å². The molecule has 2 aromatic carbocycles. The van der Waals surface area contributed by atoms with E-state index >= 15 is 0 Å². The molecule has 0 spiro atoms. The molecular formula is C22H23NO4. The van der Waals surface area contributed by atoms with Crippen LogP contribution in [0.1, 0.15) is 30.3 Å². The average Bonchev–Trinajstić information content (AvgIpc) is 3.36. The number of hydrogen-bond acceptors (Lipinski definition) is 4. The van der Waals surface area contributed by atoms with E-state index in [9.17, 15) is 4.79 Å². The van der Waals surface area contributed by atoms with Crippen LogP contribution in [0.2, 0.25) is 0 Å². The van der Waals surface area contributed by atoms with Crippen LogP contribution in [0.5, 0.6) is 5.75 Å². The number of hydrogen-bond donors (Lipinski definition) is 1. The highest BCUT2D eigenvalue weighted by atomic mass is 16.5. The third kappa shape index (κ3) is 3.43. The fraction of sp³-hybridized carbons (Fsp3) is 0.318. The van der Waals surface area contributed by atoms with Gasteiger partial charge in [0.2, 0.25) is 5.76 Å². The van der Waals surface area contributed by atoms with Crippen molar-refractivity contribution in [1.29, 1.82) is 0 Å². The van der Waals surface area contributed by atoms with E-state index < -0.39 is 0 Å². The van der Waals surface area contributed by atoms with Gasteiger partial charge in [0.25, 0.3) is 5.91 Å². The van der Waals surface area contributed by atoms with Crippen molar-refractivity contribution in [2.45, 2.75) is 31.9 Å². The first-order valence-corrected chi connectivity index (χ1v) is 9.26. The van der Waals surface area contributed by atoms with E-state index in [-0.39, 0.29) is 18.1 Å². The lowest BCUT2D eigenvalue weighted by molar-refractivity contribution is 0.0698. The fourth-order valence-electron chi connectivity index (χ4n) is 3.62. The van der Waals surface area contributed by atoms with Gasteiger partial charge in [0, 0.05) is 23.6 Å². The molecule has 0 saturated carbocycles. The van der Waals surface area contributed by atoms with Crippen molar-refractivity contribution in [2.24, 2.45) is 0 Å². The summed E-state index contributed by atoms with van der Waals surface area (Å²) < 4.78 is 17.0. The van der Waals surface area contributed by atoms with Gasteiger partial charge >= 0.3 is 0 Å². The summed E-state index contributed by atoms with van der Waals surface area (Å²) in [6, 6.07) is 15.4. The van der Waals surface area contributed by atoms with Gasteiger partial charge in [0.1, 0.15) is 11.3 Å². The quantitative estimate of drug-likeness (QED) is 0.728. The maximum atomic E-state index is 13.0. The average molecular weight is 365 g/mol. The van der Waals surface area contributed by atoms with Crippen LogP contribution in [0.25, 0.3) is 22.1 Å². The maximum Gasteiger partial charge on any atom is 0.287 e. The lowest BCUT2D eigenvalue weighted by Crippen LogP contribution is -2.40. The number of amides is 1. The van der Waals surface area contributed by atoms with Gasteiger partial charge in [-0.25, -0.2) is 0 Å². The summed E-state index contributed by atoms with van der Waals surface area (Å²) >= 11 is 0. The fourth-order valence-corrected chi connectivity index (χ4v) is 3.62. The Morgan fingerprint density at radius 2 is 2.04 bits per heavy atom. The van der Waals surface area contributed by atoms with Crippen molar-refractivity contribution >= 4 is 16.9 Å². The Kier molecular flexibility index (Phi) is 4.86. The first kappa shape index (κ1) is 17.6. The third-order valence-corrected chi connectivity index (χ3v) is 5.05. The number of fused-ring (bicyclic) bond motifs is 1. The largest absolute Gasteiger partial charge is 0.497 e. The van der Waals surface area contributed by atoms with E-state index in [0.717, 1.165) is 36.0 Å². The summed E-state index contributed by atoms with van der Waals surface area (Å²) in [4.78, 5) is 13.0. The van der Waals surface area contributed by atoms with E-state index in [0.29, 0.717) is 17.1 Å². The standard InChI is InChI=1S/C22H23NO4/c1-14(18-9-6-12-26-18)23-22(24)21-20(15-7-4-3-5-8-15)17-11-10-16(25-2)13-19(17)27-21/h3-5,7-8,10-11,13-14,18H,6,9,12H2,1-2H3,(H,23,24)/t14-,18-/m0/s1. The van der Waals surface area contributed by atoms with E-state index in [1.807, 2.05) is 55.5 Å². The molecule has 1 aliphatic heterocycles. The molecule has 5 nitrogen and oxygen atoms in total. The Bertz CT molecular complexity index is 942. The summed E-state index contributed by atoms with van der Waals surface area (Å²) in [7, 11) is 1.61. The van der Waals surface area contributed by atoms with E-state index in [4.69, 9.17) is 13.9 Å². The number of benzene rings is 2. The van der Waals surface area contributed by atoms with Crippen LogP contribution in [0, 0.1) is 0 Å². The number of ether oxygens (including phenoxy) is 2. The van der Waals surface area contributed by atoms with Crippen molar-refractivity contribution < 1.29 is 18.7 Å². The lowest BCUT2D eigenvalue weighted by Gasteiger charge is -2.19. The molecular weight excluding hydrogens is 342 g/mol. The topological polar surface area (TPSA) is 60.7 Å². The Labute approximate surface area is 158 Å². The molecule has 0 bridgehead atoms. The normalized spacial score (nSPS) is 17.8. The smallest absolute Gasteiger partial charge is 0.287 e. The Morgan fingerprint density at radius 1 is 1.22 bits per heavy atom. The molecule has 140 valence electrons. The molecule has 2 atom stereocenters. The summed E-state index contributed by atoms with van der Waals surface area (Å²) in [6.45, 7) is 2.73. The number of nitrogens with one attached hydrogen (secondary N) is 1. The van der Waals surface area contributed by atoms with Gasteiger partial charge in [0.15, 0.2) is 0 Å². The third-order valence-electron chi connectivity index (χ3n) is 5.05. The Balaban J connectivity index is 1.75. The van der Waals surface area contributed by atoms with Gasteiger partial charge in [0.05, 0.1) is 19.3 Å². The minimum Gasteiger partial charge on any atom is -0.497 e. The number of furan rings is 1. The van der Waals surface area contributed by atoms with Crippen LogP contribution in [-0.4, -0.2) is 31.8 Å². The molecule has 4 rings (SSSR count). The molecule has 0 unspecified atom stereocenters. The van der Waals surface area contributed by atoms with E-state index in [1.165, 1.54) is 0 Å². The number of carbonyl (C=O) groups is 1. The Morgan fingerprint density at radius 3 is 2.74 bits per heavy atom. The molecule has 1 saturated heterocycles. The van der Waals surface area contributed by atoms with Crippen LogP contribution in [0.4, 0.5) is 0 Å². The highest BCUT2D eigenvalue weighted by Crippen LogP contribution is 2.36. The van der Waals surface area contributed by atoms with Crippen LogP contribution >= 0.6 is 0 Å². The Hall–Kier alpha value is -2.79. The molecule has 0 radical (unpaired) electrons. The monoisotopic (exact) mass is 365 g/mol. The van der Waals surface area contributed by atoms with Gasteiger partial charge < -0.3 is 19.2 Å². The van der Waals surface area contributed by atoms with Gasteiger partial charge in [-0.1, -0.05) is 30.3 Å². The second-order valence-electron chi connectivity index (χ2n) is 6.85. The molecule has 2 heterocycles. The molecule has 1 aromatic heterocycles. The SMILES string of the molecule is COc1ccc2c(-c3ccccc3)c(C(=O)N[C@@H](C)[C@@H]3CCCO3)oc2c1. The molecule has 0 aliphatic carbocycles. The lowest BCUT2D eigenvalue weighted by atomic mass is 10.0. The zero-order chi connectivity index (χ0) is 18.8. The second kappa shape index (κ2) is 7.45. The predicted octanol–water partition coefficient (Wildman–Crippen LogP) is 4.41. The summed E-state index contributed by atoms with van der Waals surface area (Å²) in [5.74, 6) is 0.775. The molecule has 3 aromatic rings. The summed E-state index contributed by atoms with van der Waals surface area (Å²) in [5, 5.41) is 3.93. The minimum absolute atomic E-state index is 0.0543. The van der Waals surface area contributed by atoms with Crippen LogP contribution in [-0.2, 0) is 4.74 Å². The number of carbonyl (C=O) groups excluding carboxylic acids is 1. The van der Waals surface area contributed by atoms with Crippen molar-refractivity contribution in [3.63, 3.8) is 0 Å². The number of methoxy groups -OCH3 is 1. The van der Waals surface area contributed by atoms with Gasteiger partial charge in [-0.2, -0.15) is 0 Å². The molecule has 5 heteroatoms. The summed E-state index contributed by atoms with van der Waals surface area (Å²) in [6.07, 6.45) is 2.05. The van der Waals surface area contributed by atoms with Crippen LogP contribution in [0.3, 0.4) is 0 Å². The first-order valence-electron chi connectivity index (χ1n) is 9.26. The maximum absolute atomic E-state index is 13.0. The second-order valence-corrected chi connectivity index (χ2v) is 6.85. The highest BCUT2D eigenvalue weighted by Gasteiger charge is 2.27. The molecule has 1 aliphatic rings. The summed E-state index contributed by atoms with van der Waals surface area (Å²) in [5.41, 5.74) is 2.37. The van der Waals surface area contributed by atoms with Gasteiger partial charge in [-0.3, -0.25) is 4.79 Å². The zero-order valence-corrected chi connectivity index (χ0v) is 15.5. The van der Waals surface area contributed by atoms with E-state index in [1.54, 1.807) is 7.11 Å². The predicted molar refractivity (Wildman–Crippen MR) is 104 cm³/mol. The minimum atomic E-state index is -0.230. The van der Waals surface area contributed by atoms with Crippen molar-refractivity contribution in [3.05, 3.63) is 54.3 Å². The highest BCUT2D eigenvalue weighted by molar-refractivity contribution is 6.08. The van der Waals surface area contributed by atoms with Crippen molar-refractivity contribution in [2.75, 3.05) is 13.7 Å². The molecule has 1 fully saturated rings. The van der Waals surface area contributed by atoms with Crippen molar-refractivity contribution in [3.8, 4) is 16.9 Å². The number of rotatable bonds is 5. The molecule has 1 amide bonds. The molecule has 27 heavy (non-hydrogen) atoms.